The molecule has 0 aromatic heterocycles. The lowest BCUT2D eigenvalue weighted by Crippen LogP contribution is -2.51. The Bertz CT molecular complexity index is 141. The number of hydrogen-bond acceptors (Lipinski definition) is 3. The van der Waals surface area contributed by atoms with Gasteiger partial charge in [-0.2, -0.15) is 0 Å². The molecule has 1 N–H and O–H groups in total. The van der Waals surface area contributed by atoms with Crippen LogP contribution in [0.5, 0.6) is 0 Å². The topological polar surface area (TPSA) is 24.5 Å². The van der Waals surface area contributed by atoms with Crippen LogP contribution >= 0.6 is 0 Å². The monoisotopic (exact) mass is 186 g/mol. The van der Waals surface area contributed by atoms with Crippen molar-refractivity contribution >= 4 is 0 Å². The number of nitrogens with zero attached hydrogens (tertiary/aromatic N) is 1. The van der Waals surface area contributed by atoms with E-state index in [0.29, 0.717) is 12.1 Å². The van der Waals surface area contributed by atoms with E-state index in [1.165, 1.54) is 0 Å². The summed E-state index contributed by atoms with van der Waals surface area (Å²) < 4.78 is 5.53. The van der Waals surface area contributed by atoms with Gasteiger partial charge >= 0.3 is 0 Å². The molecule has 0 saturated carbocycles. The van der Waals surface area contributed by atoms with Crippen LogP contribution in [0.25, 0.3) is 0 Å². The summed E-state index contributed by atoms with van der Waals surface area (Å²) in [5.41, 5.74) is 0. The van der Waals surface area contributed by atoms with Crippen molar-refractivity contribution in [1.82, 2.24) is 10.2 Å². The van der Waals surface area contributed by atoms with Crippen LogP contribution in [0.3, 0.4) is 0 Å². The molecule has 1 rings (SSSR count). The quantitative estimate of drug-likeness (QED) is 0.699. The van der Waals surface area contributed by atoms with Gasteiger partial charge < -0.3 is 10.1 Å². The van der Waals surface area contributed by atoms with E-state index in [1.54, 1.807) is 0 Å². The van der Waals surface area contributed by atoms with Crippen LogP contribution in [0.4, 0.5) is 0 Å². The summed E-state index contributed by atoms with van der Waals surface area (Å²) in [6.45, 7) is 11.7. The smallest absolute Gasteiger partial charge is 0.0673 e. The zero-order valence-electron chi connectivity index (χ0n) is 9.05. The fourth-order valence-electron chi connectivity index (χ4n) is 1.82. The normalized spacial score (nSPS) is 27.5. The van der Waals surface area contributed by atoms with Crippen LogP contribution in [-0.2, 0) is 4.74 Å². The first-order valence-electron chi connectivity index (χ1n) is 5.30. The lowest BCUT2D eigenvalue weighted by molar-refractivity contribution is 0.0300. The lowest BCUT2D eigenvalue weighted by Gasteiger charge is -2.35. The summed E-state index contributed by atoms with van der Waals surface area (Å²) in [6, 6.07) is 0.650. The highest BCUT2D eigenvalue weighted by Gasteiger charge is 2.19. The van der Waals surface area contributed by atoms with Crippen LogP contribution in [0, 0.1) is 0 Å². The summed E-state index contributed by atoms with van der Waals surface area (Å²) in [7, 11) is 0. The molecule has 1 aliphatic rings. The molecule has 3 nitrogen and oxygen atoms in total. The highest BCUT2D eigenvalue weighted by atomic mass is 16.5. The summed E-state index contributed by atoms with van der Waals surface area (Å²) in [4.78, 5) is 2.50. The van der Waals surface area contributed by atoms with Gasteiger partial charge in [-0.05, 0) is 20.8 Å². The van der Waals surface area contributed by atoms with E-state index < -0.39 is 0 Å². The summed E-state index contributed by atoms with van der Waals surface area (Å²) >= 11 is 0. The van der Waals surface area contributed by atoms with Crippen molar-refractivity contribution in [2.75, 3.05) is 32.8 Å². The Labute approximate surface area is 81.4 Å². The SMILES string of the molecule is CCOC(C)CN1CCNCC1C. The minimum Gasteiger partial charge on any atom is -0.377 e. The van der Waals surface area contributed by atoms with E-state index in [2.05, 4.69) is 31.0 Å². The predicted molar refractivity (Wildman–Crippen MR) is 55.0 cm³/mol. The Morgan fingerprint density at radius 3 is 3.00 bits per heavy atom. The molecule has 1 saturated heterocycles. The van der Waals surface area contributed by atoms with E-state index in [9.17, 15) is 0 Å². The first-order chi connectivity index (χ1) is 6.24. The van der Waals surface area contributed by atoms with E-state index >= 15 is 0 Å². The maximum Gasteiger partial charge on any atom is 0.0673 e. The van der Waals surface area contributed by atoms with Gasteiger partial charge in [0.1, 0.15) is 0 Å². The Kier molecular flexibility index (Phi) is 4.70. The second kappa shape index (κ2) is 5.58. The van der Waals surface area contributed by atoms with E-state index in [0.717, 1.165) is 32.8 Å². The molecule has 0 aliphatic carbocycles. The highest BCUT2D eigenvalue weighted by Crippen LogP contribution is 2.04. The Hall–Kier alpha value is -0.120. The standard InChI is InChI=1S/C10H22N2O/c1-4-13-10(3)8-12-6-5-11-7-9(12)2/h9-11H,4-8H2,1-3H3. The zero-order valence-corrected chi connectivity index (χ0v) is 9.05. The van der Waals surface area contributed by atoms with E-state index in [1.807, 2.05) is 0 Å². The van der Waals surface area contributed by atoms with Crippen molar-refractivity contribution in [1.29, 1.82) is 0 Å². The maximum absolute atomic E-state index is 5.53. The molecule has 0 bridgehead atoms. The molecular formula is C10H22N2O. The van der Waals surface area contributed by atoms with Gasteiger partial charge in [0, 0.05) is 38.8 Å². The Balaban J connectivity index is 2.25. The first-order valence-corrected chi connectivity index (χ1v) is 5.30. The average Bonchev–Trinajstić information content (AvgIpc) is 2.09. The number of piperazine rings is 1. The molecular weight excluding hydrogens is 164 g/mol. The first kappa shape index (κ1) is 11.0. The fraction of sp³-hybridized carbons (Fsp3) is 1.00. The van der Waals surface area contributed by atoms with E-state index in [-0.39, 0.29) is 0 Å². The molecule has 0 spiro atoms. The summed E-state index contributed by atoms with van der Waals surface area (Å²) in [5, 5.41) is 3.39. The van der Waals surface area contributed by atoms with Crippen LogP contribution in [0.1, 0.15) is 20.8 Å². The van der Waals surface area contributed by atoms with Gasteiger partial charge in [-0.25, -0.2) is 0 Å². The minimum absolute atomic E-state index is 0.366. The van der Waals surface area contributed by atoms with Crippen LogP contribution in [-0.4, -0.2) is 49.8 Å². The summed E-state index contributed by atoms with van der Waals surface area (Å²) in [5.74, 6) is 0. The molecule has 0 radical (unpaired) electrons. The zero-order chi connectivity index (χ0) is 9.68. The van der Waals surface area contributed by atoms with Gasteiger partial charge in [-0.3, -0.25) is 4.90 Å². The maximum atomic E-state index is 5.53. The van der Waals surface area contributed by atoms with Gasteiger partial charge in [0.2, 0.25) is 0 Å². The molecule has 1 aliphatic heterocycles. The Morgan fingerprint density at radius 1 is 1.62 bits per heavy atom. The number of rotatable bonds is 4. The molecule has 3 heteroatoms. The molecule has 0 aromatic carbocycles. The van der Waals surface area contributed by atoms with Crippen LogP contribution in [0.15, 0.2) is 0 Å². The third-order valence-electron chi connectivity index (χ3n) is 2.58. The lowest BCUT2D eigenvalue weighted by atomic mass is 10.2. The van der Waals surface area contributed by atoms with Crippen molar-refractivity contribution in [3.05, 3.63) is 0 Å². The van der Waals surface area contributed by atoms with Crippen molar-refractivity contribution in [2.24, 2.45) is 0 Å². The van der Waals surface area contributed by atoms with Gasteiger partial charge in [0.15, 0.2) is 0 Å². The van der Waals surface area contributed by atoms with Crippen molar-refractivity contribution in [3.8, 4) is 0 Å². The van der Waals surface area contributed by atoms with Gasteiger partial charge in [-0.15, -0.1) is 0 Å². The molecule has 2 atom stereocenters. The number of hydrogen-bond donors (Lipinski definition) is 1. The van der Waals surface area contributed by atoms with E-state index in [4.69, 9.17) is 4.74 Å². The van der Waals surface area contributed by atoms with Crippen molar-refractivity contribution < 1.29 is 4.74 Å². The van der Waals surface area contributed by atoms with Gasteiger partial charge in [0.25, 0.3) is 0 Å². The predicted octanol–water partition coefficient (Wildman–Crippen LogP) is 0.705. The molecule has 0 amide bonds. The summed E-state index contributed by atoms with van der Waals surface area (Å²) in [6.07, 6.45) is 0.366. The average molecular weight is 186 g/mol. The third-order valence-corrected chi connectivity index (χ3v) is 2.58. The highest BCUT2D eigenvalue weighted by molar-refractivity contribution is 4.77. The molecule has 2 unspecified atom stereocenters. The number of nitrogens with one attached hydrogen (secondary N) is 1. The van der Waals surface area contributed by atoms with Crippen molar-refractivity contribution in [3.63, 3.8) is 0 Å². The largest absolute Gasteiger partial charge is 0.377 e. The molecule has 1 fully saturated rings. The Morgan fingerprint density at radius 2 is 2.38 bits per heavy atom. The molecule has 13 heavy (non-hydrogen) atoms. The van der Waals surface area contributed by atoms with Crippen molar-refractivity contribution in [2.45, 2.75) is 32.9 Å². The second-order valence-corrected chi connectivity index (χ2v) is 3.81. The van der Waals surface area contributed by atoms with Crippen LogP contribution < -0.4 is 5.32 Å². The third kappa shape index (κ3) is 3.63. The minimum atomic E-state index is 0.366. The van der Waals surface area contributed by atoms with Gasteiger partial charge in [0.05, 0.1) is 6.10 Å². The van der Waals surface area contributed by atoms with Gasteiger partial charge in [-0.1, -0.05) is 0 Å². The number of ether oxygens (including phenoxy) is 1. The van der Waals surface area contributed by atoms with Crippen LogP contribution in [0.2, 0.25) is 0 Å². The molecule has 0 aromatic rings. The fourth-order valence-corrected chi connectivity index (χ4v) is 1.82. The molecule has 78 valence electrons. The second-order valence-electron chi connectivity index (χ2n) is 3.81. The molecule has 1 heterocycles.